The van der Waals surface area contributed by atoms with Crippen molar-refractivity contribution in [3.05, 3.63) is 89.4 Å². The maximum absolute atomic E-state index is 13.2. The van der Waals surface area contributed by atoms with Crippen molar-refractivity contribution in [3.8, 4) is 0 Å². The number of urea groups is 1. The molecule has 0 radical (unpaired) electrons. The standard InChI is InChI=1S/C25H23F6N3O3/c1-16(17-6-3-2-4-7-17)32-22(35)9-10-34(15-21-8-5-11-37-21)23(36)33-20-13-18(24(26,27)28)12-19(14-20)25(29,30)31/h2-8,11-14,16H,9-10,15H2,1H3,(H,32,35)(H,33,36). The highest BCUT2D eigenvalue weighted by atomic mass is 19.4. The van der Waals surface area contributed by atoms with Crippen LogP contribution in [-0.2, 0) is 23.7 Å². The molecule has 2 aromatic carbocycles. The lowest BCUT2D eigenvalue weighted by molar-refractivity contribution is -0.143. The fraction of sp³-hybridized carbons (Fsp3) is 0.280. The van der Waals surface area contributed by atoms with Gasteiger partial charge >= 0.3 is 18.4 Å². The molecular weight excluding hydrogens is 504 g/mol. The molecule has 3 aromatic rings. The van der Waals surface area contributed by atoms with Crippen LogP contribution in [0.25, 0.3) is 0 Å². The van der Waals surface area contributed by atoms with Gasteiger partial charge in [0.05, 0.1) is 30.0 Å². The van der Waals surface area contributed by atoms with Crippen LogP contribution < -0.4 is 10.6 Å². The van der Waals surface area contributed by atoms with E-state index in [2.05, 4.69) is 10.6 Å². The van der Waals surface area contributed by atoms with E-state index in [0.29, 0.717) is 17.9 Å². The number of amides is 3. The van der Waals surface area contributed by atoms with E-state index >= 15 is 0 Å². The summed E-state index contributed by atoms with van der Waals surface area (Å²) in [4.78, 5) is 26.4. The molecule has 6 nitrogen and oxygen atoms in total. The Balaban J connectivity index is 1.75. The zero-order valence-corrected chi connectivity index (χ0v) is 19.5. The van der Waals surface area contributed by atoms with E-state index in [0.717, 1.165) is 10.5 Å². The summed E-state index contributed by atoms with van der Waals surface area (Å²) < 4.78 is 84.2. The minimum atomic E-state index is -5.07. The second-order valence-electron chi connectivity index (χ2n) is 8.18. The number of carbonyl (C=O) groups is 2. The summed E-state index contributed by atoms with van der Waals surface area (Å²) in [6.07, 6.45) is -8.98. The number of alkyl halides is 6. The van der Waals surface area contributed by atoms with E-state index in [9.17, 15) is 35.9 Å². The van der Waals surface area contributed by atoms with Crippen molar-refractivity contribution in [1.82, 2.24) is 10.2 Å². The van der Waals surface area contributed by atoms with E-state index in [1.54, 1.807) is 13.0 Å². The molecule has 0 fully saturated rings. The molecule has 0 aliphatic rings. The second kappa shape index (κ2) is 11.4. The zero-order chi connectivity index (χ0) is 27.2. The van der Waals surface area contributed by atoms with Crippen molar-refractivity contribution in [3.63, 3.8) is 0 Å². The fourth-order valence-corrected chi connectivity index (χ4v) is 3.45. The molecule has 12 heteroatoms. The van der Waals surface area contributed by atoms with Crippen molar-refractivity contribution in [2.24, 2.45) is 0 Å². The van der Waals surface area contributed by atoms with Gasteiger partial charge in [-0.1, -0.05) is 30.3 Å². The third-order valence-electron chi connectivity index (χ3n) is 5.34. The lowest BCUT2D eigenvalue weighted by Gasteiger charge is -2.23. The second-order valence-corrected chi connectivity index (χ2v) is 8.18. The number of carbonyl (C=O) groups excluding carboxylic acids is 2. The molecule has 0 aliphatic carbocycles. The van der Waals surface area contributed by atoms with Gasteiger partial charge in [-0.25, -0.2) is 4.79 Å². The van der Waals surface area contributed by atoms with E-state index in [1.165, 1.54) is 12.3 Å². The average molecular weight is 527 g/mol. The van der Waals surface area contributed by atoms with Gasteiger partial charge in [-0.2, -0.15) is 26.3 Å². The topological polar surface area (TPSA) is 74.6 Å². The smallest absolute Gasteiger partial charge is 0.416 e. The van der Waals surface area contributed by atoms with Crippen molar-refractivity contribution in [2.75, 3.05) is 11.9 Å². The highest BCUT2D eigenvalue weighted by Gasteiger charge is 2.37. The van der Waals surface area contributed by atoms with Crippen LogP contribution in [-0.4, -0.2) is 23.4 Å². The third-order valence-corrected chi connectivity index (χ3v) is 5.34. The maximum Gasteiger partial charge on any atom is 0.416 e. The highest BCUT2D eigenvalue weighted by molar-refractivity contribution is 5.90. The van der Waals surface area contributed by atoms with Gasteiger partial charge in [0.15, 0.2) is 0 Å². The Hall–Kier alpha value is -3.96. The van der Waals surface area contributed by atoms with Gasteiger partial charge in [0.2, 0.25) is 5.91 Å². The predicted molar refractivity (Wildman–Crippen MR) is 122 cm³/mol. The normalized spacial score (nSPS) is 12.6. The molecule has 37 heavy (non-hydrogen) atoms. The lowest BCUT2D eigenvalue weighted by atomic mass is 10.1. The molecule has 3 rings (SSSR count). The van der Waals surface area contributed by atoms with Crippen LogP contribution in [0.2, 0.25) is 0 Å². The molecule has 0 saturated carbocycles. The van der Waals surface area contributed by atoms with E-state index in [-0.39, 0.29) is 31.6 Å². The van der Waals surface area contributed by atoms with Gasteiger partial charge in [0.25, 0.3) is 0 Å². The molecule has 0 spiro atoms. The molecule has 198 valence electrons. The van der Waals surface area contributed by atoms with Crippen molar-refractivity contribution >= 4 is 17.6 Å². The Kier molecular flexibility index (Phi) is 8.51. The SMILES string of the molecule is CC(NC(=O)CCN(Cc1ccco1)C(=O)Nc1cc(C(F)(F)F)cc(C(F)(F)F)c1)c1ccccc1. The Morgan fingerprint density at radius 1 is 0.919 bits per heavy atom. The number of benzene rings is 2. The van der Waals surface area contributed by atoms with E-state index in [1.807, 2.05) is 30.3 Å². The predicted octanol–water partition coefficient (Wildman–Crippen LogP) is 6.62. The van der Waals surface area contributed by atoms with Gasteiger partial charge in [-0.3, -0.25) is 4.79 Å². The monoisotopic (exact) mass is 527 g/mol. The van der Waals surface area contributed by atoms with Gasteiger partial charge < -0.3 is 20.0 Å². The molecular formula is C25H23F6N3O3. The number of furan rings is 1. The summed E-state index contributed by atoms with van der Waals surface area (Å²) in [6, 6.07) is 11.6. The molecule has 1 heterocycles. The summed E-state index contributed by atoms with van der Waals surface area (Å²) in [6.45, 7) is 1.41. The van der Waals surface area contributed by atoms with E-state index in [4.69, 9.17) is 4.42 Å². The third kappa shape index (κ3) is 8.02. The van der Waals surface area contributed by atoms with Crippen molar-refractivity contribution in [2.45, 2.75) is 38.3 Å². The summed E-state index contributed by atoms with van der Waals surface area (Å²) in [5.41, 5.74) is -2.97. The minimum Gasteiger partial charge on any atom is -0.467 e. The first-order valence-electron chi connectivity index (χ1n) is 11.0. The Labute approximate surface area is 208 Å². The first-order chi connectivity index (χ1) is 17.3. The number of nitrogens with one attached hydrogen (secondary N) is 2. The number of rotatable bonds is 8. The molecule has 1 aromatic heterocycles. The number of hydrogen-bond donors (Lipinski definition) is 2. The molecule has 0 bridgehead atoms. The van der Waals surface area contributed by atoms with Crippen LogP contribution in [0.4, 0.5) is 36.8 Å². The first kappa shape index (κ1) is 27.6. The lowest BCUT2D eigenvalue weighted by Crippen LogP contribution is -2.38. The van der Waals surface area contributed by atoms with Crippen molar-refractivity contribution < 1.29 is 40.3 Å². The van der Waals surface area contributed by atoms with Crippen LogP contribution >= 0.6 is 0 Å². The van der Waals surface area contributed by atoms with Crippen molar-refractivity contribution in [1.29, 1.82) is 0 Å². The largest absolute Gasteiger partial charge is 0.467 e. The summed E-state index contributed by atoms with van der Waals surface area (Å²) in [7, 11) is 0. The number of halogens is 6. The van der Waals surface area contributed by atoms with Gasteiger partial charge in [-0.15, -0.1) is 0 Å². The maximum atomic E-state index is 13.2. The minimum absolute atomic E-state index is 0.0332. The number of anilines is 1. The molecule has 0 aliphatic heterocycles. The fourth-order valence-electron chi connectivity index (χ4n) is 3.45. The summed E-state index contributed by atoms with van der Waals surface area (Å²) in [5, 5.41) is 4.86. The van der Waals surface area contributed by atoms with Gasteiger partial charge in [-0.05, 0) is 42.8 Å². The number of nitrogens with zero attached hydrogens (tertiary/aromatic N) is 1. The average Bonchev–Trinajstić information content (AvgIpc) is 3.34. The molecule has 2 N–H and O–H groups in total. The van der Waals surface area contributed by atoms with Crippen LogP contribution in [0.3, 0.4) is 0 Å². The van der Waals surface area contributed by atoms with E-state index < -0.39 is 41.1 Å². The number of hydrogen-bond acceptors (Lipinski definition) is 3. The highest BCUT2D eigenvalue weighted by Crippen LogP contribution is 2.37. The Morgan fingerprint density at radius 2 is 1.54 bits per heavy atom. The summed E-state index contributed by atoms with van der Waals surface area (Å²) >= 11 is 0. The Bertz CT molecular complexity index is 1160. The summed E-state index contributed by atoms with van der Waals surface area (Å²) in [5.74, 6) is -0.111. The van der Waals surface area contributed by atoms with Gasteiger partial charge in [0, 0.05) is 18.7 Å². The molecule has 0 saturated heterocycles. The molecule has 3 amide bonds. The quantitative estimate of drug-likeness (QED) is 0.324. The van der Waals surface area contributed by atoms with Gasteiger partial charge in [0.1, 0.15) is 5.76 Å². The molecule has 1 unspecified atom stereocenters. The zero-order valence-electron chi connectivity index (χ0n) is 19.5. The Morgan fingerprint density at radius 3 is 2.08 bits per heavy atom. The van der Waals surface area contributed by atoms with Crippen LogP contribution in [0, 0.1) is 0 Å². The van der Waals surface area contributed by atoms with Crippen LogP contribution in [0.1, 0.15) is 41.8 Å². The van der Waals surface area contributed by atoms with Crippen LogP contribution in [0.15, 0.2) is 71.3 Å². The first-order valence-corrected chi connectivity index (χ1v) is 11.0. The molecule has 1 atom stereocenters. The van der Waals surface area contributed by atoms with Crippen LogP contribution in [0.5, 0.6) is 0 Å².